The zero-order valence-electron chi connectivity index (χ0n) is 8.05. The van der Waals surface area contributed by atoms with Crippen molar-refractivity contribution in [3.05, 3.63) is 0 Å². The summed E-state index contributed by atoms with van der Waals surface area (Å²) in [6, 6.07) is 0.371. The Morgan fingerprint density at radius 2 is 1.75 bits per heavy atom. The van der Waals surface area contributed by atoms with E-state index in [1.54, 1.807) is 0 Å². The molecule has 2 N–H and O–H groups in total. The molecule has 2 fully saturated rings. The van der Waals surface area contributed by atoms with Crippen LogP contribution >= 0.6 is 0 Å². The van der Waals surface area contributed by atoms with E-state index in [4.69, 9.17) is 5.73 Å². The third kappa shape index (κ3) is 1.27. The van der Waals surface area contributed by atoms with E-state index in [1.165, 1.54) is 45.2 Å². The van der Waals surface area contributed by atoms with E-state index in [2.05, 4.69) is 11.8 Å². The average Bonchev–Trinajstić information content (AvgIpc) is 2.86. The zero-order valence-corrected chi connectivity index (χ0v) is 8.05. The van der Waals surface area contributed by atoms with Crippen molar-refractivity contribution >= 4 is 0 Å². The Labute approximate surface area is 75.1 Å². The molecule has 1 saturated carbocycles. The number of nitrogens with two attached hydrogens (primary N) is 1. The molecule has 0 aromatic heterocycles. The van der Waals surface area contributed by atoms with E-state index in [-0.39, 0.29) is 0 Å². The van der Waals surface area contributed by atoms with Crippen LogP contribution in [0.25, 0.3) is 0 Å². The Hall–Kier alpha value is -0.0800. The summed E-state index contributed by atoms with van der Waals surface area (Å²) in [5.74, 6) is 0. The predicted molar refractivity (Wildman–Crippen MR) is 51.0 cm³/mol. The Kier molecular flexibility index (Phi) is 2.13. The molecule has 2 nitrogen and oxygen atoms in total. The number of likely N-dealkylation sites (tertiary alicyclic amines) is 1. The van der Waals surface area contributed by atoms with Crippen molar-refractivity contribution in [2.75, 3.05) is 13.1 Å². The quantitative estimate of drug-likeness (QED) is 0.674. The van der Waals surface area contributed by atoms with Gasteiger partial charge in [0.15, 0.2) is 0 Å². The minimum Gasteiger partial charge on any atom is -0.326 e. The second kappa shape index (κ2) is 3.00. The van der Waals surface area contributed by atoms with Crippen molar-refractivity contribution in [2.45, 2.75) is 50.6 Å². The normalized spacial score (nSPS) is 31.5. The van der Waals surface area contributed by atoms with E-state index in [1.807, 2.05) is 0 Å². The van der Waals surface area contributed by atoms with Crippen molar-refractivity contribution in [1.82, 2.24) is 4.90 Å². The van der Waals surface area contributed by atoms with Crippen LogP contribution in [0, 0.1) is 0 Å². The van der Waals surface area contributed by atoms with Crippen LogP contribution in [0.15, 0.2) is 0 Å². The van der Waals surface area contributed by atoms with Gasteiger partial charge in [0.2, 0.25) is 0 Å². The minimum atomic E-state index is 0.371. The van der Waals surface area contributed by atoms with Crippen molar-refractivity contribution in [3.8, 4) is 0 Å². The minimum absolute atomic E-state index is 0.371. The third-order valence-electron chi connectivity index (χ3n) is 3.60. The average molecular weight is 168 g/mol. The zero-order chi connectivity index (χ0) is 8.60. The van der Waals surface area contributed by atoms with E-state index >= 15 is 0 Å². The van der Waals surface area contributed by atoms with Crippen molar-refractivity contribution in [3.63, 3.8) is 0 Å². The summed E-state index contributed by atoms with van der Waals surface area (Å²) in [5, 5.41) is 0. The van der Waals surface area contributed by atoms with E-state index < -0.39 is 0 Å². The van der Waals surface area contributed by atoms with Gasteiger partial charge in [0.1, 0.15) is 0 Å². The first-order valence-electron chi connectivity index (χ1n) is 5.26. The third-order valence-corrected chi connectivity index (χ3v) is 3.60. The molecule has 1 aliphatic heterocycles. The summed E-state index contributed by atoms with van der Waals surface area (Å²) in [7, 11) is 0. The lowest BCUT2D eigenvalue weighted by molar-refractivity contribution is 0.128. The maximum atomic E-state index is 6.02. The van der Waals surface area contributed by atoms with Gasteiger partial charge >= 0.3 is 0 Å². The SMILES string of the molecule is CC(N)C1(N2CCCCC2)CC1. The summed E-state index contributed by atoms with van der Waals surface area (Å²) >= 11 is 0. The number of piperidine rings is 1. The fourth-order valence-corrected chi connectivity index (χ4v) is 2.53. The van der Waals surface area contributed by atoms with Gasteiger partial charge in [0, 0.05) is 11.6 Å². The van der Waals surface area contributed by atoms with Crippen LogP contribution in [0.5, 0.6) is 0 Å². The molecule has 12 heavy (non-hydrogen) atoms. The van der Waals surface area contributed by atoms with Crippen LogP contribution in [0.4, 0.5) is 0 Å². The number of nitrogens with zero attached hydrogens (tertiary/aromatic N) is 1. The van der Waals surface area contributed by atoms with Crippen molar-refractivity contribution in [1.29, 1.82) is 0 Å². The van der Waals surface area contributed by atoms with Gasteiger partial charge in [-0.15, -0.1) is 0 Å². The molecule has 2 aliphatic rings. The predicted octanol–water partition coefficient (Wildman–Crippen LogP) is 1.35. The highest BCUT2D eigenvalue weighted by Crippen LogP contribution is 2.44. The maximum Gasteiger partial charge on any atom is 0.0359 e. The second-order valence-electron chi connectivity index (χ2n) is 4.44. The Balaban J connectivity index is 1.97. The summed E-state index contributed by atoms with van der Waals surface area (Å²) in [6.45, 7) is 4.75. The highest BCUT2D eigenvalue weighted by Gasteiger charge is 2.50. The van der Waals surface area contributed by atoms with E-state index in [9.17, 15) is 0 Å². The van der Waals surface area contributed by atoms with Crippen LogP contribution in [0.2, 0.25) is 0 Å². The lowest BCUT2D eigenvalue weighted by Gasteiger charge is -2.37. The first-order valence-corrected chi connectivity index (χ1v) is 5.26. The highest BCUT2D eigenvalue weighted by molar-refractivity contribution is 5.09. The van der Waals surface area contributed by atoms with Crippen LogP contribution in [-0.4, -0.2) is 29.6 Å². The highest BCUT2D eigenvalue weighted by atomic mass is 15.2. The lowest BCUT2D eigenvalue weighted by atomic mass is 10.0. The molecule has 0 amide bonds. The molecule has 0 radical (unpaired) electrons. The molecule has 0 bridgehead atoms. The number of hydrogen-bond donors (Lipinski definition) is 1. The summed E-state index contributed by atoms with van der Waals surface area (Å²) in [6.07, 6.45) is 6.86. The molecule has 0 aromatic rings. The van der Waals surface area contributed by atoms with Gasteiger partial charge in [-0.25, -0.2) is 0 Å². The van der Waals surface area contributed by atoms with Crippen LogP contribution in [0.3, 0.4) is 0 Å². The van der Waals surface area contributed by atoms with Gasteiger partial charge < -0.3 is 5.73 Å². The van der Waals surface area contributed by atoms with Crippen LogP contribution in [-0.2, 0) is 0 Å². The van der Waals surface area contributed by atoms with E-state index in [0.717, 1.165) is 0 Å². The summed E-state index contributed by atoms with van der Waals surface area (Å²) < 4.78 is 0. The molecule has 1 unspecified atom stereocenters. The number of hydrogen-bond acceptors (Lipinski definition) is 2. The molecule has 1 aliphatic carbocycles. The Bertz CT molecular complexity index is 155. The fourth-order valence-electron chi connectivity index (χ4n) is 2.53. The van der Waals surface area contributed by atoms with Gasteiger partial charge in [-0.05, 0) is 45.7 Å². The summed E-state index contributed by atoms with van der Waals surface area (Å²) in [4.78, 5) is 2.64. The fraction of sp³-hybridized carbons (Fsp3) is 1.00. The molecule has 2 heteroatoms. The van der Waals surface area contributed by atoms with Crippen molar-refractivity contribution < 1.29 is 0 Å². The smallest absolute Gasteiger partial charge is 0.0359 e. The topological polar surface area (TPSA) is 29.3 Å². The number of rotatable bonds is 2. The monoisotopic (exact) mass is 168 g/mol. The van der Waals surface area contributed by atoms with Crippen molar-refractivity contribution in [2.24, 2.45) is 5.73 Å². The lowest BCUT2D eigenvalue weighted by Crippen LogP contribution is -2.50. The molecular formula is C10H20N2. The molecule has 0 aromatic carbocycles. The van der Waals surface area contributed by atoms with Gasteiger partial charge in [0.05, 0.1) is 0 Å². The summed E-state index contributed by atoms with van der Waals surface area (Å²) in [5.41, 5.74) is 6.45. The van der Waals surface area contributed by atoms with Gasteiger partial charge in [0.25, 0.3) is 0 Å². The standard InChI is InChI=1S/C10H20N2/c1-9(11)10(5-6-10)12-7-3-2-4-8-12/h9H,2-8,11H2,1H3. The van der Waals surface area contributed by atoms with E-state index in [0.29, 0.717) is 11.6 Å². The molecular weight excluding hydrogens is 148 g/mol. The Morgan fingerprint density at radius 3 is 2.17 bits per heavy atom. The first kappa shape index (κ1) is 8.52. The van der Waals surface area contributed by atoms with Gasteiger partial charge in [-0.2, -0.15) is 0 Å². The second-order valence-corrected chi connectivity index (χ2v) is 4.44. The molecule has 0 spiro atoms. The maximum absolute atomic E-state index is 6.02. The molecule has 1 saturated heterocycles. The largest absolute Gasteiger partial charge is 0.326 e. The van der Waals surface area contributed by atoms with Gasteiger partial charge in [-0.3, -0.25) is 4.90 Å². The molecule has 70 valence electrons. The molecule has 1 atom stereocenters. The van der Waals surface area contributed by atoms with Gasteiger partial charge in [-0.1, -0.05) is 6.42 Å². The molecule has 1 heterocycles. The first-order chi connectivity index (χ1) is 5.76. The molecule has 2 rings (SSSR count). The van der Waals surface area contributed by atoms with Crippen LogP contribution in [0.1, 0.15) is 39.0 Å². The van der Waals surface area contributed by atoms with Crippen LogP contribution < -0.4 is 5.73 Å². The Morgan fingerprint density at radius 1 is 1.17 bits per heavy atom.